The zero-order chi connectivity index (χ0) is 21.0. The third-order valence-electron chi connectivity index (χ3n) is 5.35. The number of ether oxygens (including phenoxy) is 1. The molecular weight excluding hydrogens is 410 g/mol. The van der Waals surface area contributed by atoms with Crippen LogP contribution in [0.15, 0.2) is 48.5 Å². The Morgan fingerprint density at radius 2 is 1.93 bits per heavy atom. The van der Waals surface area contributed by atoms with E-state index in [0.29, 0.717) is 17.2 Å². The summed E-state index contributed by atoms with van der Waals surface area (Å²) in [4.78, 5) is 14.6. The average Bonchev–Trinajstić information content (AvgIpc) is 3.06. The zero-order valence-corrected chi connectivity index (χ0v) is 18.2. The van der Waals surface area contributed by atoms with Crippen molar-refractivity contribution in [2.45, 2.75) is 38.8 Å². The lowest BCUT2D eigenvalue weighted by atomic mass is 10.1. The zero-order valence-electron chi connectivity index (χ0n) is 16.7. The summed E-state index contributed by atoms with van der Waals surface area (Å²) >= 11 is 6.37. The predicted molar refractivity (Wildman–Crippen MR) is 116 cm³/mol. The highest BCUT2D eigenvalue weighted by Gasteiger charge is 2.36. The van der Waals surface area contributed by atoms with Gasteiger partial charge in [0.25, 0.3) is 5.91 Å². The van der Waals surface area contributed by atoms with Crippen LogP contribution in [0.5, 0.6) is 5.75 Å². The van der Waals surface area contributed by atoms with Crippen LogP contribution in [0.25, 0.3) is 11.1 Å². The maximum atomic E-state index is 12.9. The van der Waals surface area contributed by atoms with Gasteiger partial charge in [0.15, 0.2) is 16.4 Å². The molecule has 1 fully saturated rings. The maximum absolute atomic E-state index is 12.9. The highest BCUT2D eigenvalue weighted by Crippen LogP contribution is 2.30. The Kier molecular flexibility index (Phi) is 6.85. The molecule has 0 aliphatic carbocycles. The third kappa shape index (κ3) is 5.31. The molecular formula is C22H26ClNO4S. The largest absolute Gasteiger partial charge is 0.482 e. The number of sulfone groups is 1. The van der Waals surface area contributed by atoms with Gasteiger partial charge in [0.05, 0.1) is 16.5 Å². The van der Waals surface area contributed by atoms with Gasteiger partial charge in [0.1, 0.15) is 5.75 Å². The van der Waals surface area contributed by atoms with Crippen LogP contribution in [0.4, 0.5) is 0 Å². The number of carbonyl (C=O) groups excluding carboxylic acids is 1. The molecule has 1 heterocycles. The fourth-order valence-electron chi connectivity index (χ4n) is 3.64. The van der Waals surface area contributed by atoms with Gasteiger partial charge in [0, 0.05) is 12.1 Å². The van der Waals surface area contributed by atoms with Crippen molar-refractivity contribution in [2.24, 2.45) is 0 Å². The number of hydrogen-bond acceptors (Lipinski definition) is 4. The lowest BCUT2D eigenvalue weighted by Gasteiger charge is -2.33. The van der Waals surface area contributed by atoms with Crippen molar-refractivity contribution in [1.29, 1.82) is 0 Å². The predicted octanol–water partition coefficient (Wildman–Crippen LogP) is 4.20. The Bertz CT molecular complexity index is 962. The van der Waals surface area contributed by atoms with Crippen molar-refractivity contribution in [3.05, 3.63) is 53.6 Å². The molecule has 2 aromatic carbocycles. The van der Waals surface area contributed by atoms with E-state index in [-0.39, 0.29) is 36.1 Å². The molecule has 1 saturated heterocycles. The fraction of sp³-hybridized carbons (Fsp3) is 0.409. The van der Waals surface area contributed by atoms with Crippen LogP contribution in [-0.2, 0) is 14.6 Å². The van der Waals surface area contributed by atoms with E-state index < -0.39 is 9.84 Å². The highest BCUT2D eigenvalue weighted by atomic mass is 35.5. The summed E-state index contributed by atoms with van der Waals surface area (Å²) < 4.78 is 29.4. The van der Waals surface area contributed by atoms with Crippen LogP contribution >= 0.6 is 11.6 Å². The molecule has 156 valence electrons. The first-order chi connectivity index (χ1) is 13.8. The Balaban J connectivity index is 1.69. The van der Waals surface area contributed by atoms with E-state index in [0.717, 1.165) is 17.5 Å². The Morgan fingerprint density at radius 1 is 1.21 bits per heavy atom. The van der Waals surface area contributed by atoms with Crippen LogP contribution in [-0.4, -0.2) is 49.4 Å². The van der Waals surface area contributed by atoms with Crippen LogP contribution < -0.4 is 4.74 Å². The average molecular weight is 436 g/mol. The van der Waals surface area contributed by atoms with E-state index >= 15 is 0 Å². The summed E-state index contributed by atoms with van der Waals surface area (Å²) in [6.45, 7) is 3.74. The fourth-order valence-corrected chi connectivity index (χ4v) is 5.59. The van der Waals surface area contributed by atoms with Crippen molar-refractivity contribution < 1.29 is 17.9 Å². The summed E-state index contributed by atoms with van der Waals surface area (Å²) in [5.74, 6) is 0.369. The molecule has 1 aliphatic rings. The van der Waals surface area contributed by atoms with Crippen molar-refractivity contribution in [1.82, 2.24) is 4.90 Å². The second kappa shape index (κ2) is 9.18. The van der Waals surface area contributed by atoms with E-state index in [4.69, 9.17) is 16.3 Å². The van der Waals surface area contributed by atoms with E-state index in [1.165, 1.54) is 0 Å². The molecule has 0 N–H and O–H groups in total. The number of carbonyl (C=O) groups is 1. The minimum absolute atomic E-state index is 0.0234. The molecule has 2 aromatic rings. The number of benzene rings is 2. The van der Waals surface area contributed by atoms with Crippen LogP contribution in [0.1, 0.15) is 26.7 Å². The number of rotatable bonds is 7. The smallest absolute Gasteiger partial charge is 0.261 e. The minimum Gasteiger partial charge on any atom is -0.482 e. The Hall–Kier alpha value is -2.05. The molecule has 5 nitrogen and oxygen atoms in total. The first kappa shape index (κ1) is 21.7. The number of hydrogen-bond donors (Lipinski definition) is 0. The van der Waals surface area contributed by atoms with Crippen molar-refractivity contribution in [3.63, 3.8) is 0 Å². The molecule has 2 unspecified atom stereocenters. The molecule has 0 radical (unpaired) electrons. The molecule has 1 amide bonds. The second-order valence-corrected chi connectivity index (χ2v) is 10.1. The lowest BCUT2D eigenvalue weighted by Crippen LogP contribution is -2.48. The van der Waals surface area contributed by atoms with Gasteiger partial charge in [-0.2, -0.15) is 0 Å². The van der Waals surface area contributed by atoms with Gasteiger partial charge in [-0.3, -0.25) is 4.79 Å². The van der Waals surface area contributed by atoms with Crippen molar-refractivity contribution >= 4 is 27.3 Å². The third-order valence-corrected chi connectivity index (χ3v) is 7.39. The van der Waals surface area contributed by atoms with E-state index in [2.05, 4.69) is 0 Å². The number of halogens is 1. The second-order valence-electron chi connectivity index (χ2n) is 7.42. The van der Waals surface area contributed by atoms with Crippen molar-refractivity contribution in [2.75, 3.05) is 18.1 Å². The Morgan fingerprint density at radius 3 is 2.52 bits per heavy atom. The maximum Gasteiger partial charge on any atom is 0.261 e. The van der Waals surface area contributed by atoms with Gasteiger partial charge < -0.3 is 9.64 Å². The molecule has 3 rings (SSSR count). The quantitative estimate of drug-likeness (QED) is 0.653. The summed E-state index contributed by atoms with van der Waals surface area (Å²) in [6.07, 6.45) is 1.22. The molecule has 0 bridgehead atoms. The highest BCUT2D eigenvalue weighted by molar-refractivity contribution is 7.91. The SMILES string of the molecule is CCC(C)N(C(=O)COc1ccc(-c2ccccc2)cc1Cl)C1CCS(=O)(=O)C1. The van der Waals surface area contributed by atoms with E-state index in [1.807, 2.05) is 56.3 Å². The summed E-state index contributed by atoms with van der Waals surface area (Å²) in [7, 11) is -3.08. The van der Waals surface area contributed by atoms with Crippen LogP contribution in [0.2, 0.25) is 5.02 Å². The molecule has 7 heteroatoms. The first-order valence-electron chi connectivity index (χ1n) is 9.80. The molecule has 0 aromatic heterocycles. The molecule has 1 aliphatic heterocycles. The van der Waals surface area contributed by atoms with Gasteiger partial charge in [-0.25, -0.2) is 8.42 Å². The molecule has 0 saturated carbocycles. The summed E-state index contributed by atoms with van der Waals surface area (Å²) in [5.41, 5.74) is 2.01. The van der Waals surface area contributed by atoms with Crippen LogP contribution in [0.3, 0.4) is 0 Å². The normalized spacial score (nSPS) is 18.9. The topological polar surface area (TPSA) is 63.7 Å². The molecule has 2 atom stereocenters. The standard InChI is InChI=1S/C22H26ClNO4S/c1-3-16(2)24(19-11-12-29(26,27)15-19)22(25)14-28-21-10-9-18(13-20(21)23)17-7-5-4-6-8-17/h4-10,13,16,19H,3,11-12,14-15H2,1-2H3. The van der Waals surface area contributed by atoms with Crippen molar-refractivity contribution in [3.8, 4) is 16.9 Å². The van der Waals surface area contributed by atoms with E-state index in [1.54, 1.807) is 11.0 Å². The molecule has 29 heavy (non-hydrogen) atoms. The monoisotopic (exact) mass is 435 g/mol. The van der Waals surface area contributed by atoms with Gasteiger partial charge >= 0.3 is 0 Å². The number of nitrogens with zero attached hydrogens (tertiary/aromatic N) is 1. The Labute approximate surface area is 177 Å². The van der Waals surface area contributed by atoms with Gasteiger partial charge in [-0.05, 0) is 43.0 Å². The van der Waals surface area contributed by atoms with E-state index in [9.17, 15) is 13.2 Å². The molecule has 0 spiro atoms. The summed E-state index contributed by atoms with van der Waals surface area (Å²) in [6, 6.07) is 15.0. The summed E-state index contributed by atoms with van der Waals surface area (Å²) in [5, 5.41) is 0.428. The van der Waals surface area contributed by atoms with Gasteiger partial charge in [-0.1, -0.05) is 54.9 Å². The van der Waals surface area contributed by atoms with Gasteiger partial charge in [0.2, 0.25) is 0 Å². The van der Waals surface area contributed by atoms with Gasteiger partial charge in [-0.15, -0.1) is 0 Å². The first-order valence-corrected chi connectivity index (χ1v) is 12.0. The minimum atomic E-state index is -3.08. The van der Waals surface area contributed by atoms with Crippen LogP contribution in [0, 0.1) is 0 Å². The number of amides is 1. The lowest BCUT2D eigenvalue weighted by molar-refractivity contribution is -0.137.